The minimum atomic E-state index is -0.804. The summed E-state index contributed by atoms with van der Waals surface area (Å²) >= 11 is 11.9. The van der Waals surface area contributed by atoms with Crippen LogP contribution in [0, 0.1) is 5.92 Å². The Balaban J connectivity index is 1.81. The van der Waals surface area contributed by atoms with Gasteiger partial charge in [-0.05, 0) is 18.1 Å². The van der Waals surface area contributed by atoms with Crippen LogP contribution in [0.5, 0.6) is 0 Å². The van der Waals surface area contributed by atoms with Gasteiger partial charge in [0.2, 0.25) is 5.91 Å². The van der Waals surface area contributed by atoms with Crippen molar-refractivity contribution in [1.82, 2.24) is 4.90 Å². The molecule has 1 aliphatic heterocycles. The van der Waals surface area contributed by atoms with Gasteiger partial charge >= 0.3 is 5.97 Å². The van der Waals surface area contributed by atoms with E-state index in [1.54, 1.807) is 18.2 Å². The van der Waals surface area contributed by atoms with Crippen molar-refractivity contribution < 1.29 is 14.7 Å². The van der Waals surface area contributed by atoms with Gasteiger partial charge in [-0.1, -0.05) is 29.3 Å². The summed E-state index contributed by atoms with van der Waals surface area (Å²) in [5.41, 5.74) is 0.406. The van der Waals surface area contributed by atoms with Crippen LogP contribution in [-0.2, 0) is 9.59 Å². The van der Waals surface area contributed by atoms with Gasteiger partial charge in [0.1, 0.15) is 0 Å². The molecule has 7 heteroatoms. The lowest BCUT2D eigenvalue weighted by Crippen LogP contribution is -2.50. The van der Waals surface area contributed by atoms with Crippen LogP contribution in [-0.4, -0.2) is 41.5 Å². The molecule has 2 N–H and O–H groups in total. The molecule has 0 aromatic heterocycles. The zero-order chi connectivity index (χ0) is 14.7. The number of carboxylic acids is 1. The minimum absolute atomic E-state index is 0.129. The van der Waals surface area contributed by atoms with Crippen molar-refractivity contribution >= 4 is 40.8 Å². The fraction of sp³-hybridized carbons (Fsp3) is 0.385. The van der Waals surface area contributed by atoms with Gasteiger partial charge in [-0.3, -0.25) is 14.5 Å². The molecule has 1 amide bonds. The Morgan fingerprint density at radius 3 is 2.45 bits per heavy atom. The Morgan fingerprint density at radius 1 is 1.30 bits per heavy atom. The number of nitrogens with one attached hydrogen (secondary N) is 1. The van der Waals surface area contributed by atoms with Crippen molar-refractivity contribution in [3.8, 4) is 0 Å². The number of carbonyl (C=O) groups excluding carboxylic acids is 1. The second kappa shape index (κ2) is 6.43. The molecule has 0 atom stereocenters. The second-order valence-corrected chi connectivity index (χ2v) is 5.62. The lowest BCUT2D eigenvalue weighted by Gasteiger charge is -2.37. The Hall–Kier alpha value is -1.30. The molecule has 0 unspecified atom stereocenters. The number of carbonyl (C=O) groups is 2. The summed E-state index contributed by atoms with van der Waals surface area (Å²) in [4.78, 5) is 24.3. The molecule has 1 saturated heterocycles. The van der Waals surface area contributed by atoms with Crippen LogP contribution in [0.1, 0.15) is 6.42 Å². The van der Waals surface area contributed by atoms with E-state index >= 15 is 0 Å². The van der Waals surface area contributed by atoms with Crippen molar-refractivity contribution in [2.75, 3.05) is 25.0 Å². The molecular weight excluding hydrogens is 303 g/mol. The maximum atomic E-state index is 11.9. The monoisotopic (exact) mass is 316 g/mol. The normalized spacial score (nSPS) is 15.7. The van der Waals surface area contributed by atoms with E-state index in [4.69, 9.17) is 28.3 Å². The molecule has 1 aliphatic rings. The Labute approximate surface area is 126 Å². The smallest absolute Gasteiger partial charge is 0.303 e. The van der Waals surface area contributed by atoms with Crippen LogP contribution < -0.4 is 5.32 Å². The van der Waals surface area contributed by atoms with Gasteiger partial charge in [0, 0.05) is 13.1 Å². The largest absolute Gasteiger partial charge is 0.481 e. The number of para-hydroxylation sites is 1. The zero-order valence-electron chi connectivity index (χ0n) is 10.6. The third-order valence-electron chi connectivity index (χ3n) is 3.09. The number of halogens is 2. The van der Waals surface area contributed by atoms with Gasteiger partial charge in [-0.25, -0.2) is 0 Å². The highest BCUT2D eigenvalue weighted by Gasteiger charge is 2.29. The summed E-state index contributed by atoms with van der Waals surface area (Å²) < 4.78 is 0. The van der Waals surface area contributed by atoms with Crippen molar-refractivity contribution in [1.29, 1.82) is 0 Å². The summed E-state index contributed by atoms with van der Waals surface area (Å²) in [5, 5.41) is 12.1. The summed E-state index contributed by atoms with van der Waals surface area (Å²) in [6.07, 6.45) is 0.147. The number of likely N-dealkylation sites (tertiary alicyclic amines) is 1. The van der Waals surface area contributed by atoms with E-state index in [0.717, 1.165) is 0 Å². The van der Waals surface area contributed by atoms with E-state index in [9.17, 15) is 9.59 Å². The molecule has 1 aromatic carbocycles. The third kappa shape index (κ3) is 3.85. The lowest BCUT2D eigenvalue weighted by molar-refractivity contribution is -0.139. The van der Waals surface area contributed by atoms with Crippen LogP contribution in [0.25, 0.3) is 0 Å². The van der Waals surface area contributed by atoms with Gasteiger partial charge in [0.05, 0.1) is 28.7 Å². The Morgan fingerprint density at radius 2 is 1.90 bits per heavy atom. The number of nitrogens with zero attached hydrogens (tertiary/aromatic N) is 1. The number of amides is 1. The number of aliphatic carboxylic acids is 1. The molecule has 2 rings (SSSR count). The first-order chi connectivity index (χ1) is 9.45. The highest BCUT2D eigenvalue weighted by atomic mass is 35.5. The molecule has 1 aromatic rings. The topological polar surface area (TPSA) is 69.6 Å². The fourth-order valence-electron chi connectivity index (χ4n) is 2.18. The first-order valence-electron chi connectivity index (χ1n) is 6.13. The van der Waals surface area contributed by atoms with Crippen LogP contribution in [0.2, 0.25) is 10.0 Å². The standard InChI is InChI=1S/C13H14Cl2N2O3/c14-9-2-1-3-10(15)13(9)16-11(18)7-17-5-8(6-17)4-12(19)20/h1-3,8H,4-7H2,(H,16,18)(H,19,20). The van der Waals surface area contributed by atoms with E-state index in [1.807, 2.05) is 4.90 Å². The van der Waals surface area contributed by atoms with E-state index in [0.29, 0.717) is 28.8 Å². The number of hydrogen-bond acceptors (Lipinski definition) is 3. The van der Waals surface area contributed by atoms with Crippen molar-refractivity contribution in [3.63, 3.8) is 0 Å². The predicted octanol–water partition coefficient (Wildman–Crippen LogP) is 2.34. The van der Waals surface area contributed by atoms with Crippen molar-refractivity contribution in [3.05, 3.63) is 28.2 Å². The second-order valence-electron chi connectivity index (χ2n) is 4.80. The zero-order valence-corrected chi connectivity index (χ0v) is 12.1. The van der Waals surface area contributed by atoms with Gasteiger partial charge in [0.15, 0.2) is 0 Å². The lowest BCUT2D eigenvalue weighted by atomic mass is 9.96. The molecular formula is C13H14Cl2N2O3. The van der Waals surface area contributed by atoms with Crippen LogP contribution in [0.15, 0.2) is 18.2 Å². The molecule has 1 fully saturated rings. The van der Waals surface area contributed by atoms with E-state index < -0.39 is 5.97 Å². The number of carboxylic acid groups (broad SMARTS) is 1. The number of benzene rings is 1. The van der Waals surface area contributed by atoms with Crippen LogP contribution >= 0.6 is 23.2 Å². The molecule has 108 valence electrons. The SMILES string of the molecule is O=C(O)CC1CN(CC(=O)Nc2c(Cl)cccc2Cl)C1. The maximum Gasteiger partial charge on any atom is 0.303 e. The summed E-state index contributed by atoms with van der Waals surface area (Å²) in [7, 11) is 0. The predicted molar refractivity (Wildman–Crippen MR) is 77.3 cm³/mol. The molecule has 5 nitrogen and oxygen atoms in total. The maximum absolute atomic E-state index is 11.9. The Bertz CT molecular complexity index is 510. The highest BCUT2D eigenvalue weighted by molar-refractivity contribution is 6.39. The number of rotatable bonds is 5. The van der Waals surface area contributed by atoms with Gasteiger partial charge < -0.3 is 10.4 Å². The van der Waals surface area contributed by atoms with E-state index in [1.165, 1.54) is 0 Å². The van der Waals surface area contributed by atoms with E-state index in [-0.39, 0.29) is 24.8 Å². The summed E-state index contributed by atoms with van der Waals surface area (Å²) in [6, 6.07) is 5.00. The van der Waals surface area contributed by atoms with Crippen LogP contribution in [0.3, 0.4) is 0 Å². The quantitative estimate of drug-likeness (QED) is 0.874. The van der Waals surface area contributed by atoms with Gasteiger partial charge in [-0.2, -0.15) is 0 Å². The number of anilines is 1. The van der Waals surface area contributed by atoms with Crippen LogP contribution in [0.4, 0.5) is 5.69 Å². The van der Waals surface area contributed by atoms with E-state index in [2.05, 4.69) is 5.32 Å². The highest BCUT2D eigenvalue weighted by Crippen LogP contribution is 2.29. The summed E-state index contributed by atoms with van der Waals surface area (Å²) in [6.45, 7) is 1.45. The molecule has 0 aliphatic carbocycles. The molecule has 0 saturated carbocycles. The molecule has 0 bridgehead atoms. The average molecular weight is 317 g/mol. The molecule has 1 heterocycles. The molecule has 20 heavy (non-hydrogen) atoms. The van der Waals surface area contributed by atoms with Crippen molar-refractivity contribution in [2.24, 2.45) is 5.92 Å². The molecule has 0 spiro atoms. The Kier molecular flexibility index (Phi) is 4.86. The van der Waals surface area contributed by atoms with Gasteiger partial charge in [0.25, 0.3) is 0 Å². The first-order valence-corrected chi connectivity index (χ1v) is 6.89. The van der Waals surface area contributed by atoms with Crippen molar-refractivity contribution in [2.45, 2.75) is 6.42 Å². The summed E-state index contributed by atoms with van der Waals surface area (Å²) in [5.74, 6) is -0.889. The fourth-order valence-corrected chi connectivity index (χ4v) is 2.67. The first kappa shape index (κ1) is 15.1. The third-order valence-corrected chi connectivity index (χ3v) is 3.72. The van der Waals surface area contributed by atoms with Gasteiger partial charge in [-0.15, -0.1) is 0 Å². The number of hydrogen-bond donors (Lipinski definition) is 2. The minimum Gasteiger partial charge on any atom is -0.481 e. The molecule has 0 radical (unpaired) electrons. The average Bonchev–Trinajstić information content (AvgIpc) is 2.31.